The first kappa shape index (κ1) is 9.78. The van der Waals surface area contributed by atoms with Gasteiger partial charge >= 0.3 is 0 Å². The fourth-order valence-corrected chi connectivity index (χ4v) is 1.94. The van der Waals surface area contributed by atoms with Gasteiger partial charge in [-0.15, -0.1) is 11.3 Å². The molecule has 0 aliphatic rings. The molecule has 0 N–H and O–H groups in total. The molecule has 2 heterocycles. The van der Waals surface area contributed by atoms with Crippen molar-refractivity contribution in [3.05, 3.63) is 42.8 Å². The lowest BCUT2D eigenvalue weighted by Gasteiger charge is -2.00. The Hall–Kier alpha value is -0.760. The molecule has 0 unspecified atom stereocenters. The Balaban J connectivity index is 2.30. The van der Waals surface area contributed by atoms with Crippen molar-refractivity contribution in [2.24, 2.45) is 0 Å². The van der Waals surface area contributed by atoms with Crippen LogP contribution < -0.4 is 5.56 Å². The number of thiazole rings is 1. The highest BCUT2D eigenvalue weighted by molar-refractivity contribution is 14.1. The predicted octanol–water partition coefficient (Wildman–Crippen LogP) is 1.35. The van der Waals surface area contributed by atoms with Crippen molar-refractivity contribution in [2.45, 2.75) is 6.54 Å². The SMILES string of the molecule is O=c1cc(I)cnn1Cc1cscn1. The van der Waals surface area contributed by atoms with E-state index in [2.05, 4.69) is 32.7 Å². The van der Waals surface area contributed by atoms with Crippen molar-refractivity contribution in [1.82, 2.24) is 14.8 Å². The summed E-state index contributed by atoms with van der Waals surface area (Å²) in [6, 6.07) is 1.56. The molecule has 0 radical (unpaired) electrons. The van der Waals surface area contributed by atoms with Crippen molar-refractivity contribution in [1.29, 1.82) is 0 Å². The Morgan fingerprint density at radius 3 is 3.07 bits per heavy atom. The Bertz CT molecular complexity index is 480. The number of halogens is 1. The second kappa shape index (κ2) is 4.18. The quantitative estimate of drug-likeness (QED) is 0.785. The van der Waals surface area contributed by atoms with E-state index in [1.54, 1.807) is 17.8 Å². The second-order valence-electron chi connectivity index (χ2n) is 2.65. The Labute approximate surface area is 97.8 Å². The third-order valence-corrected chi connectivity index (χ3v) is 2.86. The van der Waals surface area contributed by atoms with E-state index < -0.39 is 0 Å². The molecule has 0 amide bonds. The van der Waals surface area contributed by atoms with Gasteiger partial charge in [0.2, 0.25) is 0 Å². The molecule has 0 aromatic carbocycles. The van der Waals surface area contributed by atoms with Gasteiger partial charge in [0.15, 0.2) is 0 Å². The van der Waals surface area contributed by atoms with E-state index in [1.807, 2.05) is 5.38 Å². The molecule has 2 rings (SSSR count). The van der Waals surface area contributed by atoms with Crippen molar-refractivity contribution in [3.8, 4) is 0 Å². The standard InChI is InChI=1S/C8H6IN3OS/c9-6-1-8(13)12(11-2-6)3-7-4-14-5-10-7/h1-2,4-5H,3H2. The topological polar surface area (TPSA) is 47.8 Å². The van der Waals surface area contributed by atoms with Crippen LogP contribution in [0.1, 0.15) is 5.69 Å². The molecule has 0 spiro atoms. The Morgan fingerprint density at radius 1 is 1.57 bits per heavy atom. The third-order valence-electron chi connectivity index (χ3n) is 1.63. The van der Waals surface area contributed by atoms with Gasteiger partial charge in [-0.05, 0) is 22.6 Å². The van der Waals surface area contributed by atoms with Crippen LogP contribution in [0.2, 0.25) is 0 Å². The van der Waals surface area contributed by atoms with Crippen LogP contribution in [-0.4, -0.2) is 14.8 Å². The summed E-state index contributed by atoms with van der Waals surface area (Å²) in [5.74, 6) is 0. The van der Waals surface area contributed by atoms with Gasteiger partial charge in [-0.2, -0.15) is 5.10 Å². The monoisotopic (exact) mass is 319 g/mol. The molecule has 14 heavy (non-hydrogen) atoms. The van der Waals surface area contributed by atoms with Gasteiger partial charge in [-0.3, -0.25) is 4.79 Å². The molecule has 0 atom stereocenters. The van der Waals surface area contributed by atoms with Gasteiger partial charge in [-0.1, -0.05) is 0 Å². The van der Waals surface area contributed by atoms with Crippen LogP contribution >= 0.6 is 33.9 Å². The molecule has 6 heteroatoms. The molecule has 0 fully saturated rings. The zero-order valence-corrected chi connectivity index (χ0v) is 10.0. The summed E-state index contributed by atoms with van der Waals surface area (Å²) in [5, 5.41) is 5.92. The highest BCUT2D eigenvalue weighted by atomic mass is 127. The highest BCUT2D eigenvalue weighted by Gasteiger charge is 2.00. The average Bonchev–Trinajstić information content (AvgIpc) is 2.62. The summed E-state index contributed by atoms with van der Waals surface area (Å²) in [4.78, 5) is 15.5. The zero-order valence-electron chi connectivity index (χ0n) is 7.05. The minimum Gasteiger partial charge on any atom is -0.268 e. The fraction of sp³-hybridized carbons (Fsp3) is 0.125. The molecule has 0 saturated carbocycles. The highest BCUT2D eigenvalue weighted by Crippen LogP contribution is 2.02. The first-order valence-electron chi connectivity index (χ1n) is 3.85. The van der Waals surface area contributed by atoms with Gasteiger partial charge in [0.1, 0.15) is 0 Å². The van der Waals surface area contributed by atoms with E-state index in [1.165, 1.54) is 16.0 Å². The smallest absolute Gasteiger partial charge is 0.268 e. The number of hydrogen-bond donors (Lipinski definition) is 0. The normalized spacial score (nSPS) is 10.4. The van der Waals surface area contributed by atoms with Crippen LogP contribution in [0, 0.1) is 3.57 Å². The summed E-state index contributed by atoms with van der Waals surface area (Å²) in [7, 11) is 0. The second-order valence-corrected chi connectivity index (χ2v) is 4.61. The summed E-state index contributed by atoms with van der Waals surface area (Å²) in [6.07, 6.45) is 1.66. The lowest BCUT2D eigenvalue weighted by molar-refractivity contribution is 0.628. The molecule has 0 aliphatic heterocycles. The summed E-state index contributed by atoms with van der Waals surface area (Å²) >= 11 is 3.57. The van der Waals surface area contributed by atoms with Crippen LogP contribution in [0.5, 0.6) is 0 Å². The maximum absolute atomic E-state index is 11.4. The van der Waals surface area contributed by atoms with Crippen molar-refractivity contribution < 1.29 is 0 Å². The van der Waals surface area contributed by atoms with E-state index in [0.29, 0.717) is 6.54 Å². The number of nitrogens with zero attached hydrogens (tertiary/aromatic N) is 3. The molecule has 4 nitrogen and oxygen atoms in total. The largest absolute Gasteiger partial charge is 0.268 e. The third kappa shape index (κ3) is 2.18. The van der Waals surface area contributed by atoms with Crippen LogP contribution in [0.4, 0.5) is 0 Å². The lowest BCUT2D eigenvalue weighted by Crippen LogP contribution is -2.22. The minimum absolute atomic E-state index is 0.0927. The maximum atomic E-state index is 11.4. The first-order chi connectivity index (χ1) is 6.75. The molecule has 72 valence electrons. The van der Waals surface area contributed by atoms with Crippen molar-refractivity contribution >= 4 is 33.9 Å². The van der Waals surface area contributed by atoms with Crippen LogP contribution in [0.25, 0.3) is 0 Å². The predicted molar refractivity (Wildman–Crippen MR) is 62.4 cm³/mol. The molecule has 0 bridgehead atoms. The first-order valence-corrected chi connectivity index (χ1v) is 5.87. The van der Waals surface area contributed by atoms with E-state index in [-0.39, 0.29) is 5.56 Å². The van der Waals surface area contributed by atoms with Gasteiger partial charge in [0.05, 0.1) is 23.9 Å². The molecule has 0 saturated heterocycles. The summed E-state index contributed by atoms with van der Waals surface area (Å²) in [6.45, 7) is 0.444. The van der Waals surface area contributed by atoms with Gasteiger partial charge < -0.3 is 0 Å². The molecular weight excluding hydrogens is 313 g/mol. The lowest BCUT2D eigenvalue weighted by atomic mass is 10.5. The van der Waals surface area contributed by atoms with Crippen LogP contribution in [-0.2, 0) is 6.54 Å². The molecule has 2 aromatic rings. The van der Waals surface area contributed by atoms with Crippen molar-refractivity contribution in [3.63, 3.8) is 0 Å². The van der Waals surface area contributed by atoms with Gasteiger partial charge in [-0.25, -0.2) is 9.67 Å². The van der Waals surface area contributed by atoms with E-state index in [4.69, 9.17) is 0 Å². The van der Waals surface area contributed by atoms with Crippen molar-refractivity contribution in [2.75, 3.05) is 0 Å². The van der Waals surface area contributed by atoms with E-state index in [9.17, 15) is 4.79 Å². The summed E-state index contributed by atoms with van der Waals surface area (Å²) < 4.78 is 2.25. The number of hydrogen-bond acceptors (Lipinski definition) is 4. The average molecular weight is 319 g/mol. The Morgan fingerprint density at radius 2 is 2.43 bits per heavy atom. The zero-order chi connectivity index (χ0) is 9.97. The van der Waals surface area contributed by atoms with Gasteiger partial charge in [0, 0.05) is 15.0 Å². The maximum Gasteiger partial charge on any atom is 0.268 e. The minimum atomic E-state index is -0.0927. The number of rotatable bonds is 2. The summed E-state index contributed by atoms with van der Waals surface area (Å²) in [5.41, 5.74) is 2.52. The fourth-order valence-electron chi connectivity index (χ4n) is 0.999. The van der Waals surface area contributed by atoms with Crippen LogP contribution in [0.3, 0.4) is 0 Å². The molecular formula is C8H6IN3OS. The Kier molecular flexibility index (Phi) is 2.92. The van der Waals surface area contributed by atoms with E-state index >= 15 is 0 Å². The van der Waals surface area contributed by atoms with Crippen LogP contribution in [0.15, 0.2) is 27.9 Å². The molecule has 0 aliphatic carbocycles. The number of aromatic nitrogens is 3. The van der Waals surface area contributed by atoms with E-state index in [0.717, 1.165) is 9.26 Å². The van der Waals surface area contributed by atoms with Gasteiger partial charge in [0.25, 0.3) is 5.56 Å². The molecule has 2 aromatic heterocycles.